The van der Waals surface area contributed by atoms with Gasteiger partial charge in [-0.2, -0.15) is 13.2 Å². The predicted molar refractivity (Wildman–Crippen MR) is 148 cm³/mol. The number of aromatic nitrogens is 1. The normalized spacial score (nSPS) is 18.4. The van der Waals surface area contributed by atoms with Crippen LogP contribution in [0.4, 0.5) is 32.2 Å². The van der Waals surface area contributed by atoms with Gasteiger partial charge in [-0.3, -0.25) is 9.53 Å². The molecule has 8 nitrogen and oxygen atoms in total. The summed E-state index contributed by atoms with van der Waals surface area (Å²) in [5.41, 5.74) is 5.52. The van der Waals surface area contributed by atoms with Gasteiger partial charge in [-0.25, -0.2) is 13.4 Å². The van der Waals surface area contributed by atoms with E-state index in [1.165, 1.54) is 60.4 Å². The number of ether oxygens (including phenoxy) is 1. The Labute approximate surface area is 249 Å². The van der Waals surface area contributed by atoms with Crippen molar-refractivity contribution >= 4 is 21.6 Å². The smallest absolute Gasteiger partial charge is 0.395 e. The van der Waals surface area contributed by atoms with Crippen LogP contribution in [-0.2, 0) is 20.8 Å². The third-order valence-electron chi connectivity index (χ3n) is 7.57. The number of hydrogen-bond donors (Lipinski definition) is 2. The molecule has 0 unspecified atom stereocenters. The van der Waals surface area contributed by atoms with E-state index in [1.807, 2.05) is 0 Å². The van der Waals surface area contributed by atoms with Crippen molar-refractivity contribution < 1.29 is 49.4 Å². The third-order valence-corrected chi connectivity index (χ3v) is 9.32. The van der Waals surface area contributed by atoms with Crippen LogP contribution in [-0.4, -0.2) is 62.3 Å². The molecule has 1 aromatic heterocycles. The molecule has 0 saturated carbocycles. The van der Waals surface area contributed by atoms with Crippen LogP contribution < -0.4 is 10.6 Å². The van der Waals surface area contributed by atoms with Gasteiger partial charge in [0.25, 0.3) is 5.91 Å². The lowest BCUT2D eigenvalue weighted by molar-refractivity contribution is -0.325. The molecular weight excluding hydrogens is 616 g/mol. The van der Waals surface area contributed by atoms with Gasteiger partial charge in [0.15, 0.2) is 9.84 Å². The van der Waals surface area contributed by atoms with Crippen LogP contribution in [0.1, 0.15) is 57.9 Å². The number of alkyl halides is 6. The van der Waals surface area contributed by atoms with E-state index in [0.29, 0.717) is 11.1 Å². The first-order valence-corrected chi connectivity index (χ1v) is 15.1. The highest BCUT2D eigenvalue weighted by molar-refractivity contribution is 7.91. The van der Waals surface area contributed by atoms with Gasteiger partial charge >= 0.3 is 12.5 Å². The SMILES string of the molecule is CCS(=O)(=O)c1ccc([C@@H](CO)c2nc(N3C[C@H](c4ccc(C(F)(F)F)cc4)C[C@H]3COC(F)(F)F)ccc2C(N)=O)cc1. The number of benzene rings is 2. The molecule has 15 heteroatoms. The highest BCUT2D eigenvalue weighted by Gasteiger charge is 2.39. The second kappa shape index (κ2) is 12.7. The number of sulfone groups is 1. The van der Waals surface area contributed by atoms with Crippen molar-refractivity contribution in [3.8, 4) is 0 Å². The molecule has 0 spiro atoms. The standard InChI is InChI=1S/C29H29F6N3O5S/c1-2-44(41,42)22-9-5-18(6-10-22)24(15-39)26-23(27(36)40)11-12-25(37-26)38-14-19(13-21(38)16-43-29(33,34)35)17-3-7-20(8-4-17)28(30,31)32/h3-12,19,21,24,39H,2,13-16H2,1H3,(H2,36,40)/t19-,21+,24-/m1/s1. The number of nitrogens with two attached hydrogens (primary N) is 1. The molecule has 4 rings (SSSR count). The highest BCUT2D eigenvalue weighted by atomic mass is 32.2. The Morgan fingerprint density at radius 3 is 2.20 bits per heavy atom. The monoisotopic (exact) mass is 645 g/mol. The number of carbonyl (C=O) groups is 1. The van der Waals surface area contributed by atoms with Crippen molar-refractivity contribution in [2.24, 2.45) is 5.73 Å². The Bertz CT molecular complexity index is 1580. The van der Waals surface area contributed by atoms with E-state index in [9.17, 15) is 44.7 Å². The minimum atomic E-state index is -4.94. The number of hydrogen-bond acceptors (Lipinski definition) is 7. The molecule has 1 saturated heterocycles. The fourth-order valence-electron chi connectivity index (χ4n) is 5.25. The molecule has 3 atom stereocenters. The van der Waals surface area contributed by atoms with E-state index in [2.05, 4.69) is 9.72 Å². The topological polar surface area (TPSA) is 123 Å². The fraction of sp³-hybridized carbons (Fsp3) is 0.379. The van der Waals surface area contributed by atoms with Gasteiger partial charge < -0.3 is 15.7 Å². The largest absolute Gasteiger partial charge is 0.522 e. The number of aliphatic hydroxyl groups excluding tert-OH is 1. The summed E-state index contributed by atoms with van der Waals surface area (Å²) in [6.07, 6.45) is -9.40. The maximum absolute atomic E-state index is 13.1. The summed E-state index contributed by atoms with van der Waals surface area (Å²) >= 11 is 0. The van der Waals surface area contributed by atoms with E-state index in [1.54, 1.807) is 0 Å². The van der Waals surface area contributed by atoms with Gasteiger partial charge in [0.1, 0.15) is 5.82 Å². The van der Waals surface area contributed by atoms with Gasteiger partial charge in [-0.05, 0) is 53.9 Å². The number of pyridine rings is 1. The van der Waals surface area contributed by atoms with Crippen molar-refractivity contribution in [1.29, 1.82) is 0 Å². The van der Waals surface area contributed by atoms with Crippen LogP contribution in [0.3, 0.4) is 0 Å². The second-order valence-corrected chi connectivity index (χ2v) is 12.6. The van der Waals surface area contributed by atoms with Crippen molar-refractivity contribution in [2.45, 2.75) is 48.7 Å². The molecule has 1 aliphatic heterocycles. The molecule has 2 aromatic carbocycles. The molecule has 1 fully saturated rings. The average molecular weight is 646 g/mol. The molecule has 3 aromatic rings. The fourth-order valence-corrected chi connectivity index (χ4v) is 6.14. The zero-order chi connectivity index (χ0) is 32.4. The molecule has 0 aliphatic carbocycles. The van der Waals surface area contributed by atoms with Gasteiger partial charge in [0.2, 0.25) is 0 Å². The zero-order valence-corrected chi connectivity index (χ0v) is 24.1. The minimum absolute atomic E-state index is 0.0112. The number of rotatable bonds is 10. The number of carbonyl (C=O) groups excluding carboxylic acids is 1. The highest BCUT2D eigenvalue weighted by Crippen LogP contribution is 2.38. The molecule has 0 radical (unpaired) electrons. The summed E-state index contributed by atoms with van der Waals surface area (Å²) < 4.78 is 107. The summed E-state index contributed by atoms with van der Waals surface area (Å²) in [7, 11) is -3.52. The van der Waals surface area contributed by atoms with Crippen molar-refractivity contribution in [3.63, 3.8) is 0 Å². The Kier molecular flexibility index (Phi) is 9.61. The first-order valence-electron chi connectivity index (χ1n) is 13.4. The molecule has 3 N–H and O–H groups in total. The molecular formula is C29H29F6N3O5S. The maximum atomic E-state index is 13.1. The predicted octanol–water partition coefficient (Wildman–Crippen LogP) is 5.02. The Balaban J connectivity index is 1.72. The lowest BCUT2D eigenvalue weighted by Gasteiger charge is -2.27. The van der Waals surface area contributed by atoms with Gasteiger partial charge in [-0.15, -0.1) is 13.2 Å². The van der Waals surface area contributed by atoms with Crippen LogP contribution in [0.5, 0.6) is 0 Å². The molecule has 1 aliphatic rings. The molecule has 238 valence electrons. The zero-order valence-electron chi connectivity index (χ0n) is 23.3. The summed E-state index contributed by atoms with van der Waals surface area (Å²) in [6.45, 7) is 0.173. The van der Waals surface area contributed by atoms with E-state index >= 15 is 0 Å². The number of primary amides is 1. The third kappa shape index (κ3) is 7.50. The minimum Gasteiger partial charge on any atom is -0.395 e. The lowest BCUT2D eigenvalue weighted by Crippen LogP contribution is -2.36. The van der Waals surface area contributed by atoms with Crippen molar-refractivity contribution in [3.05, 3.63) is 88.6 Å². The van der Waals surface area contributed by atoms with Gasteiger partial charge in [0, 0.05) is 12.5 Å². The lowest BCUT2D eigenvalue weighted by atomic mass is 9.92. The van der Waals surface area contributed by atoms with Crippen molar-refractivity contribution in [2.75, 3.05) is 30.4 Å². The molecule has 2 heterocycles. The van der Waals surface area contributed by atoms with Crippen LogP contribution in [0.15, 0.2) is 65.6 Å². The van der Waals surface area contributed by atoms with E-state index < -0.39 is 64.9 Å². The molecule has 1 amide bonds. The van der Waals surface area contributed by atoms with Crippen LogP contribution >= 0.6 is 0 Å². The van der Waals surface area contributed by atoms with E-state index in [4.69, 9.17) is 5.73 Å². The first kappa shape index (κ1) is 33.2. The summed E-state index contributed by atoms with van der Waals surface area (Å²) in [4.78, 5) is 18.4. The molecule has 0 bridgehead atoms. The Morgan fingerprint density at radius 2 is 1.68 bits per heavy atom. The van der Waals surface area contributed by atoms with Crippen LogP contribution in [0.2, 0.25) is 0 Å². The van der Waals surface area contributed by atoms with E-state index in [-0.39, 0.29) is 40.7 Å². The first-order chi connectivity index (χ1) is 20.5. The number of halogens is 6. The maximum Gasteiger partial charge on any atom is 0.522 e. The average Bonchev–Trinajstić information content (AvgIpc) is 3.40. The summed E-state index contributed by atoms with van der Waals surface area (Å²) in [5, 5.41) is 10.3. The molecule has 44 heavy (non-hydrogen) atoms. The van der Waals surface area contributed by atoms with E-state index in [0.717, 1.165) is 12.1 Å². The second-order valence-electron chi connectivity index (χ2n) is 10.3. The van der Waals surface area contributed by atoms with Crippen LogP contribution in [0.25, 0.3) is 0 Å². The Morgan fingerprint density at radius 1 is 1.05 bits per heavy atom. The number of anilines is 1. The quantitative estimate of drug-likeness (QED) is 0.297. The number of amides is 1. The Hall–Kier alpha value is -3.69. The number of nitrogens with zero attached hydrogens (tertiary/aromatic N) is 2. The van der Waals surface area contributed by atoms with Crippen molar-refractivity contribution in [1.82, 2.24) is 4.98 Å². The van der Waals surface area contributed by atoms with Gasteiger partial charge in [0.05, 0.1) is 52.6 Å². The van der Waals surface area contributed by atoms with Gasteiger partial charge in [-0.1, -0.05) is 31.2 Å². The van der Waals surface area contributed by atoms with Crippen LogP contribution in [0, 0.1) is 0 Å². The summed E-state index contributed by atoms with van der Waals surface area (Å²) in [5.74, 6) is -2.34. The summed E-state index contributed by atoms with van der Waals surface area (Å²) in [6, 6.07) is 11.8. The number of aliphatic hydroxyl groups is 1.